The lowest BCUT2D eigenvalue weighted by atomic mass is 9.54. The number of thiophene rings is 2. The summed E-state index contributed by atoms with van der Waals surface area (Å²) in [7, 11) is 0. The van der Waals surface area contributed by atoms with E-state index >= 15 is 0 Å². The van der Waals surface area contributed by atoms with E-state index in [4.69, 9.17) is 19.4 Å². The number of hydrogen-bond acceptors (Lipinski definition) is 8. The molecule has 0 bridgehead atoms. The van der Waals surface area contributed by atoms with Gasteiger partial charge in [-0.05, 0) is 287 Å². The Balaban J connectivity index is 0.000000110. The zero-order chi connectivity index (χ0) is 94.3. The van der Waals surface area contributed by atoms with Crippen LogP contribution in [-0.4, -0.2) is 15.0 Å². The van der Waals surface area contributed by atoms with Crippen LogP contribution in [0, 0.1) is 0 Å². The van der Waals surface area contributed by atoms with E-state index in [9.17, 15) is 0 Å². The largest absolute Gasteiger partial charge is 0.456 e. The minimum absolute atomic E-state index is 0.0145. The molecular weight excluding hydrogens is 1720 g/mol. The summed E-state index contributed by atoms with van der Waals surface area (Å²) in [6.07, 6.45) is 0. The molecule has 4 heterocycles. The van der Waals surface area contributed by atoms with Crippen molar-refractivity contribution in [2.24, 2.45) is 0 Å². The zero-order valence-electron chi connectivity index (χ0n) is 80.1. The van der Waals surface area contributed by atoms with Crippen molar-refractivity contribution in [1.29, 1.82) is 0 Å². The molecule has 24 aromatic rings. The molecule has 0 saturated carbocycles. The molecule has 0 fully saturated rings. The molecule has 139 heavy (non-hydrogen) atoms. The molecule has 6 nitrogen and oxygen atoms in total. The first-order chi connectivity index (χ1) is 67.4. The lowest BCUT2D eigenvalue weighted by Gasteiger charge is -2.49. The molecule has 670 valence electrons. The fraction of sp³-hybridized carbons (Fsp3) is 0.137. The van der Waals surface area contributed by atoms with Gasteiger partial charge in [-0.3, -0.25) is 0 Å². The van der Waals surface area contributed by atoms with Crippen LogP contribution < -0.4 is 9.80 Å². The van der Waals surface area contributed by atoms with Crippen molar-refractivity contribution >= 4 is 173 Å². The van der Waals surface area contributed by atoms with Crippen molar-refractivity contribution in [3.05, 3.63) is 440 Å². The Morgan fingerprint density at radius 2 is 0.561 bits per heavy atom. The van der Waals surface area contributed by atoms with Gasteiger partial charge in [-0.15, -0.1) is 22.7 Å². The third-order valence-electron chi connectivity index (χ3n) is 32.6. The smallest absolute Gasteiger partial charge is 0.164 e. The maximum Gasteiger partial charge on any atom is 0.164 e. The predicted molar refractivity (Wildman–Crippen MR) is 593 cm³/mol. The molecule has 3 aliphatic rings. The predicted octanol–water partition coefficient (Wildman–Crippen LogP) is 37.3. The van der Waals surface area contributed by atoms with Gasteiger partial charge in [0.25, 0.3) is 0 Å². The monoisotopic (exact) mass is 1830 g/mol. The van der Waals surface area contributed by atoms with Gasteiger partial charge in [-0.2, -0.15) is 0 Å². The quantitative estimate of drug-likeness (QED) is 0.134. The fourth-order valence-corrected chi connectivity index (χ4v) is 25.2. The van der Waals surface area contributed by atoms with Crippen LogP contribution in [0.4, 0.5) is 34.1 Å². The Morgan fingerprint density at radius 3 is 1.14 bits per heavy atom. The van der Waals surface area contributed by atoms with E-state index in [2.05, 4.69) is 427 Å². The van der Waals surface area contributed by atoms with Gasteiger partial charge in [-0.25, -0.2) is 15.0 Å². The first-order valence-corrected chi connectivity index (χ1v) is 50.2. The Kier molecular flexibility index (Phi) is 19.7. The standard InChI is InChI=1S/C46H35NS2.C44H35NO.C41H33N3/c1-45(2)39-27-43-38(26-35(39)34-21-18-28-12-8-9-15-32(28)44(34)46(45,3)4)37-25-31(20-23-42(37)49-43)47(29-13-6-5-7-14-29)30-19-22-41-36(24-30)33-16-10-11-17-40(33)48-41;1-43(2)39-16-10-8-14-33(39)38-24-29-19-18-28-20-21-31(25-36(28)37(29)27-40(38)44(43,3)4)45(30-12-6-5-7-13-30)32-22-23-35-34-15-9-11-17-41(34)46-42(35)26-32;1-40(2)35-18-12-11-17-31(35)34-23-29-21-19-26-20-22-30(24-32(26)33(29)25-36(34)41(40,3)4)39-43-37(27-13-7-5-8-14-27)42-38(44-39)28-15-9-6-10-16-28/h5-27H,1-4H3;5-27H,1-4H3;5-25H,1-4H3. The molecule has 0 saturated heterocycles. The molecule has 20 aromatic carbocycles. The second kappa shape index (κ2) is 32.1. The number of hydrogen-bond donors (Lipinski definition) is 0. The molecule has 3 aliphatic carbocycles. The van der Waals surface area contributed by atoms with Crippen molar-refractivity contribution < 1.29 is 4.42 Å². The first kappa shape index (κ1) is 85.2. The number of anilines is 6. The number of rotatable bonds is 9. The summed E-state index contributed by atoms with van der Waals surface area (Å²) >= 11 is 3.79. The van der Waals surface area contributed by atoms with Crippen molar-refractivity contribution in [3.63, 3.8) is 0 Å². The van der Waals surface area contributed by atoms with Crippen molar-refractivity contribution in [3.8, 4) is 67.5 Å². The number of para-hydroxylation sites is 3. The number of aromatic nitrogens is 3. The molecule has 0 N–H and O–H groups in total. The number of fused-ring (bicyclic) bond motifs is 26. The van der Waals surface area contributed by atoms with E-state index in [0.717, 1.165) is 61.4 Å². The summed E-state index contributed by atoms with van der Waals surface area (Å²) in [5.41, 5.74) is 27.9. The lowest BCUT2D eigenvalue weighted by Crippen LogP contribution is -2.43. The molecule has 27 rings (SSSR count). The van der Waals surface area contributed by atoms with Gasteiger partial charge in [0.05, 0.1) is 0 Å². The van der Waals surface area contributed by atoms with Crippen LogP contribution in [0.5, 0.6) is 0 Å². The van der Waals surface area contributed by atoms with Gasteiger partial charge >= 0.3 is 0 Å². The minimum atomic E-state index is -0.0615. The highest BCUT2D eigenvalue weighted by atomic mass is 32.1. The Bertz CT molecular complexity index is 9100. The number of nitrogens with zero attached hydrogens (tertiary/aromatic N) is 5. The van der Waals surface area contributed by atoms with Gasteiger partial charge in [0.2, 0.25) is 0 Å². The number of furan rings is 1. The Hall–Kier alpha value is -15.5. The van der Waals surface area contributed by atoms with E-state index in [1.807, 2.05) is 95.5 Å². The molecule has 4 aromatic heterocycles. The second-order valence-corrected chi connectivity index (χ2v) is 43.5. The number of benzene rings is 20. The van der Waals surface area contributed by atoms with Gasteiger partial charge in [-0.1, -0.05) is 344 Å². The van der Waals surface area contributed by atoms with Gasteiger partial charge < -0.3 is 14.2 Å². The Labute approximate surface area is 818 Å². The molecule has 0 radical (unpaired) electrons. The Morgan fingerprint density at radius 1 is 0.194 bits per heavy atom. The van der Waals surface area contributed by atoms with Crippen LogP contribution in [0.1, 0.15) is 116 Å². The second-order valence-electron chi connectivity index (χ2n) is 41.4. The lowest BCUT2D eigenvalue weighted by molar-refractivity contribution is 0.299. The van der Waals surface area contributed by atoms with Gasteiger partial charge in [0, 0.05) is 113 Å². The maximum absolute atomic E-state index is 6.33. The third kappa shape index (κ3) is 13.5. The van der Waals surface area contributed by atoms with Crippen molar-refractivity contribution in [1.82, 2.24) is 15.0 Å². The summed E-state index contributed by atoms with van der Waals surface area (Å²) in [6.45, 7) is 29.0. The highest BCUT2D eigenvalue weighted by Gasteiger charge is 2.50. The summed E-state index contributed by atoms with van der Waals surface area (Å²) < 4.78 is 11.7. The first-order valence-electron chi connectivity index (χ1n) is 48.6. The molecule has 0 unspecified atom stereocenters. The average Bonchev–Trinajstić information content (AvgIpc) is 1.58. The molecule has 0 amide bonds. The molecule has 0 atom stereocenters. The molecule has 8 heteroatoms. The van der Waals surface area contributed by atoms with E-state index < -0.39 is 0 Å². The molecule has 0 aliphatic heterocycles. The van der Waals surface area contributed by atoms with Crippen molar-refractivity contribution in [2.75, 3.05) is 9.80 Å². The van der Waals surface area contributed by atoms with E-state index in [0.29, 0.717) is 17.5 Å². The highest BCUT2D eigenvalue weighted by molar-refractivity contribution is 7.26. The fourth-order valence-electron chi connectivity index (χ4n) is 23.0. The van der Waals surface area contributed by atoms with E-state index in [1.54, 1.807) is 0 Å². The van der Waals surface area contributed by atoms with Crippen LogP contribution in [-0.2, 0) is 32.5 Å². The molecule has 0 spiro atoms. The van der Waals surface area contributed by atoms with Crippen LogP contribution in [0.15, 0.2) is 411 Å². The third-order valence-corrected chi connectivity index (χ3v) is 34.9. The summed E-state index contributed by atoms with van der Waals surface area (Å²) in [4.78, 5) is 19.6. The van der Waals surface area contributed by atoms with Crippen LogP contribution in [0.3, 0.4) is 0 Å². The van der Waals surface area contributed by atoms with Gasteiger partial charge in [0.1, 0.15) is 11.2 Å². The molecular formula is C131H103N5OS2. The highest BCUT2D eigenvalue weighted by Crippen LogP contribution is 2.61. The van der Waals surface area contributed by atoms with Gasteiger partial charge in [0.15, 0.2) is 17.5 Å². The maximum atomic E-state index is 6.33. The zero-order valence-corrected chi connectivity index (χ0v) is 81.8. The topological polar surface area (TPSA) is 58.3 Å². The SMILES string of the molecule is CC1(C)c2cc3sc4ccc(N(c5ccccc5)c5ccc6sc7ccccc7c6c5)cc4c3cc2-c2ccc3ccccc3c2C1(C)C.CC1(C)c2ccccc2-c2cc3ccc4ccc(-c5nc(-c6ccccc6)nc(-c6ccccc6)n5)cc4c3cc2C1(C)C.CC1(C)c2ccccc2-c2cc3ccc4ccc(N(c5ccccc5)c5ccc6c(c5)oc5ccccc56)cc4c3cc2C1(C)C. The minimum Gasteiger partial charge on any atom is -0.456 e. The summed E-state index contributed by atoms with van der Waals surface area (Å²) in [5.74, 6) is 2.01. The summed E-state index contributed by atoms with van der Waals surface area (Å²) in [6, 6.07) is 148. The average molecular weight is 1830 g/mol. The normalized spacial score (nSPS) is 14.8. The van der Waals surface area contributed by atoms with E-state index in [1.165, 1.54) is 172 Å². The van der Waals surface area contributed by atoms with Crippen molar-refractivity contribution in [2.45, 2.75) is 116 Å². The van der Waals surface area contributed by atoms with Crippen LogP contribution >= 0.6 is 22.7 Å². The van der Waals surface area contributed by atoms with Crippen LogP contribution in [0.2, 0.25) is 0 Å². The van der Waals surface area contributed by atoms with E-state index in [-0.39, 0.29) is 32.5 Å². The van der Waals surface area contributed by atoms with Crippen LogP contribution in [0.25, 0.3) is 184 Å². The summed E-state index contributed by atoms with van der Waals surface area (Å²) in [5, 5.41) is 20.2.